The molecule has 4 nitrogen and oxygen atoms in total. The smallest absolute Gasteiger partial charge is 0.152 e. The molecule has 0 aliphatic heterocycles. The van der Waals surface area contributed by atoms with Gasteiger partial charge in [0.25, 0.3) is 0 Å². The third-order valence-corrected chi connectivity index (χ3v) is 2.47. The normalized spacial score (nSPS) is 10.3. The van der Waals surface area contributed by atoms with Gasteiger partial charge in [-0.05, 0) is 28.1 Å². The molecule has 0 saturated carbocycles. The fourth-order valence-corrected chi connectivity index (χ4v) is 1.55. The highest BCUT2D eigenvalue weighted by Gasteiger charge is 2.02. The summed E-state index contributed by atoms with van der Waals surface area (Å²) in [7, 11) is 1.88. The molecule has 2 aromatic heterocycles. The van der Waals surface area contributed by atoms with Gasteiger partial charge in [0.2, 0.25) is 0 Å². The second kappa shape index (κ2) is 4.44. The number of aromatic nitrogens is 3. The average molecular weight is 268 g/mol. The predicted octanol–water partition coefficient (Wildman–Crippen LogP) is 2.16. The van der Waals surface area contributed by atoms with Crippen LogP contribution in [0.2, 0.25) is 0 Å². The number of hydrogen-bond donors (Lipinski definition) is 0. The molecule has 0 fully saturated rings. The van der Waals surface area contributed by atoms with Crippen LogP contribution < -0.4 is 4.74 Å². The molecule has 2 rings (SSSR count). The van der Waals surface area contributed by atoms with Crippen molar-refractivity contribution >= 4 is 15.9 Å². The van der Waals surface area contributed by atoms with E-state index in [4.69, 9.17) is 4.74 Å². The molecule has 0 spiro atoms. The first kappa shape index (κ1) is 10.2. The molecule has 0 amide bonds. The summed E-state index contributed by atoms with van der Waals surface area (Å²) in [5.41, 5.74) is 1.04. The fraction of sp³-hybridized carbons (Fsp3) is 0.200. The summed E-state index contributed by atoms with van der Waals surface area (Å²) in [5.74, 6) is 0.737. The van der Waals surface area contributed by atoms with Crippen molar-refractivity contribution in [3.05, 3.63) is 40.9 Å². The maximum atomic E-state index is 5.57. The molecule has 0 unspecified atom stereocenters. The average Bonchev–Trinajstić information content (AvgIpc) is 2.63. The van der Waals surface area contributed by atoms with Gasteiger partial charge in [-0.3, -0.25) is 4.68 Å². The van der Waals surface area contributed by atoms with Gasteiger partial charge >= 0.3 is 0 Å². The van der Waals surface area contributed by atoms with Gasteiger partial charge in [0.1, 0.15) is 11.2 Å². The van der Waals surface area contributed by atoms with E-state index >= 15 is 0 Å². The number of halogens is 1. The largest absolute Gasteiger partial charge is 0.486 e. The topological polar surface area (TPSA) is 39.9 Å². The molecule has 2 heterocycles. The molecule has 0 aliphatic rings. The minimum absolute atomic E-state index is 0.498. The van der Waals surface area contributed by atoms with Gasteiger partial charge in [0, 0.05) is 25.0 Å². The molecule has 0 aliphatic carbocycles. The predicted molar refractivity (Wildman–Crippen MR) is 59.5 cm³/mol. The molecule has 0 bridgehead atoms. The zero-order valence-corrected chi connectivity index (χ0v) is 9.81. The van der Waals surface area contributed by atoms with Crippen molar-refractivity contribution in [1.82, 2.24) is 14.8 Å². The molecule has 0 aromatic carbocycles. The van der Waals surface area contributed by atoms with E-state index in [9.17, 15) is 0 Å². The van der Waals surface area contributed by atoms with E-state index in [1.165, 1.54) is 0 Å². The molecule has 0 N–H and O–H groups in total. The minimum Gasteiger partial charge on any atom is -0.486 e. The van der Waals surface area contributed by atoms with Crippen molar-refractivity contribution in [2.45, 2.75) is 6.61 Å². The molecule has 78 valence electrons. The Morgan fingerprint density at radius 1 is 1.53 bits per heavy atom. The van der Waals surface area contributed by atoms with E-state index in [1.54, 1.807) is 17.1 Å². The lowest BCUT2D eigenvalue weighted by Crippen LogP contribution is -1.95. The Bertz CT molecular complexity index is 455. The molecule has 5 heteroatoms. The summed E-state index contributed by atoms with van der Waals surface area (Å²) in [6.07, 6.45) is 5.41. The van der Waals surface area contributed by atoms with Gasteiger partial charge in [-0.15, -0.1) is 0 Å². The molecule has 0 saturated heterocycles. The van der Waals surface area contributed by atoms with E-state index < -0.39 is 0 Å². The van der Waals surface area contributed by atoms with Crippen LogP contribution in [0, 0.1) is 0 Å². The quantitative estimate of drug-likeness (QED) is 0.801. The molecule has 15 heavy (non-hydrogen) atoms. The summed E-state index contributed by atoms with van der Waals surface area (Å²) in [6.45, 7) is 0.498. The van der Waals surface area contributed by atoms with Gasteiger partial charge in [-0.1, -0.05) is 0 Å². The summed E-state index contributed by atoms with van der Waals surface area (Å²) >= 11 is 3.32. The highest BCUT2D eigenvalue weighted by atomic mass is 79.9. The number of nitrogens with zero attached hydrogens (tertiary/aromatic N) is 3. The lowest BCUT2D eigenvalue weighted by molar-refractivity contribution is 0.302. The van der Waals surface area contributed by atoms with Crippen molar-refractivity contribution in [2.24, 2.45) is 7.05 Å². The Morgan fingerprint density at radius 2 is 2.40 bits per heavy atom. The number of ether oxygens (including phenoxy) is 1. The van der Waals surface area contributed by atoms with Gasteiger partial charge in [-0.25, -0.2) is 4.98 Å². The fourth-order valence-electron chi connectivity index (χ4n) is 1.19. The van der Waals surface area contributed by atoms with Crippen LogP contribution in [0.5, 0.6) is 5.75 Å². The van der Waals surface area contributed by atoms with Crippen LogP contribution >= 0.6 is 15.9 Å². The third kappa shape index (κ3) is 2.56. The number of pyridine rings is 1. The number of aryl methyl sites for hydroxylation is 1. The van der Waals surface area contributed by atoms with Crippen LogP contribution in [0.15, 0.2) is 35.3 Å². The van der Waals surface area contributed by atoms with Crippen molar-refractivity contribution in [2.75, 3.05) is 0 Å². The Morgan fingerprint density at radius 3 is 3.07 bits per heavy atom. The summed E-state index contributed by atoms with van der Waals surface area (Å²) in [4.78, 5) is 4.07. The Balaban J connectivity index is 2.02. The highest BCUT2D eigenvalue weighted by Crippen LogP contribution is 2.21. The van der Waals surface area contributed by atoms with Crippen LogP contribution in [0.25, 0.3) is 0 Å². The van der Waals surface area contributed by atoms with Crippen LogP contribution in [-0.2, 0) is 13.7 Å². The minimum atomic E-state index is 0.498. The molecular formula is C10H10BrN3O. The first-order valence-corrected chi connectivity index (χ1v) is 5.26. The summed E-state index contributed by atoms with van der Waals surface area (Å²) in [6, 6.07) is 3.71. The maximum Gasteiger partial charge on any atom is 0.152 e. The van der Waals surface area contributed by atoms with Gasteiger partial charge in [0.05, 0.1) is 6.20 Å². The van der Waals surface area contributed by atoms with E-state index in [2.05, 4.69) is 26.0 Å². The Labute approximate surface area is 96.0 Å². The Hall–Kier alpha value is -1.36. The SMILES string of the molecule is Cn1cc(COc2cccnc2Br)cn1. The van der Waals surface area contributed by atoms with Gasteiger partial charge in [-0.2, -0.15) is 5.10 Å². The third-order valence-electron chi connectivity index (χ3n) is 1.88. The van der Waals surface area contributed by atoms with Gasteiger partial charge < -0.3 is 4.74 Å². The maximum absolute atomic E-state index is 5.57. The lowest BCUT2D eigenvalue weighted by atomic mass is 10.4. The van der Waals surface area contributed by atoms with E-state index in [0.717, 1.165) is 11.3 Å². The zero-order chi connectivity index (χ0) is 10.7. The van der Waals surface area contributed by atoms with Crippen LogP contribution in [0.3, 0.4) is 0 Å². The van der Waals surface area contributed by atoms with Crippen LogP contribution in [0.1, 0.15) is 5.56 Å². The highest BCUT2D eigenvalue weighted by molar-refractivity contribution is 9.10. The van der Waals surface area contributed by atoms with Crippen molar-refractivity contribution in [3.8, 4) is 5.75 Å². The first-order valence-electron chi connectivity index (χ1n) is 4.46. The standard InChI is InChI=1S/C10H10BrN3O/c1-14-6-8(5-13-14)7-15-9-3-2-4-12-10(9)11/h2-6H,7H2,1H3. The number of hydrogen-bond acceptors (Lipinski definition) is 3. The summed E-state index contributed by atoms with van der Waals surface area (Å²) < 4.78 is 8.04. The zero-order valence-electron chi connectivity index (χ0n) is 8.22. The summed E-state index contributed by atoms with van der Waals surface area (Å²) in [5, 5.41) is 4.06. The molecule has 0 atom stereocenters. The second-order valence-electron chi connectivity index (χ2n) is 3.10. The van der Waals surface area contributed by atoms with E-state index in [0.29, 0.717) is 11.2 Å². The Kier molecular flexibility index (Phi) is 3.01. The van der Waals surface area contributed by atoms with E-state index in [1.807, 2.05) is 25.4 Å². The first-order chi connectivity index (χ1) is 7.25. The number of rotatable bonds is 3. The van der Waals surface area contributed by atoms with Gasteiger partial charge in [0.15, 0.2) is 5.75 Å². The molecular weight excluding hydrogens is 258 g/mol. The lowest BCUT2D eigenvalue weighted by Gasteiger charge is -2.04. The van der Waals surface area contributed by atoms with E-state index in [-0.39, 0.29) is 0 Å². The van der Waals surface area contributed by atoms with Crippen molar-refractivity contribution in [1.29, 1.82) is 0 Å². The van der Waals surface area contributed by atoms with Crippen molar-refractivity contribution in [3.63, 3.8) is 0 Å². The molecule has 0 radical (unpaired) electrons. The van der Waals surface area contributed by atoms with Crippen LogP contribution in [-0.4, -0.2) is 14.8 Å². The second-order valence-corrected chi connectivity index (χ2v) is 3.85. The monoisotopic (exact) mass is 267 g/mol. The van der Waals surface area contributed by atoms with Crippen molar-refractivity contribution < 1.29 is 4.74 Å². The van der Waals surface area contributed by atoms with Crippen LogP contribution in [0.4, 0.5) is 0 Å². The molecule has 2 aromatic rings.